The lowest BCUT2D eigenvalue weighted by Crippen LogP contribution is -2.41. The summed E-state index contributed by atoms with van der Waals surface area (Å²) >= 11 is 1.96. The van der Waals surface area contributed by atoms with Gasteiger partial charge in [-0.1, -0.05) is 18.2 Å². The van der Waals surface area contributed by atoms with Crippen molar-refractivity contribution in [2.24, 2.45) is 12.0 Å². The number of thioether (sulfide) groups is 1. The van der Waals surface area contributed by atoms with Crippen LogP contribution >= 0.6 is 11.8 Å². The lowest BCUT2D eigenvalue weighted by Gasteiger charge is -2.18. The van der Waals surface area contributed by atoms with E-state index in [1.165, 1.54) is 17.7 Å². The van der Waals surface area contributed by atoms with Crippen molar-refractivity contribution >= 4 is 17.7 Å². The van der Waals surface area contributed by atoms with Crippen LogP contribution in [0.4, 0.5) is 0 Å². The molecule has 1 fully saturated rings. The first-order valence-electron chi connectivity index (χ1n) is 10.3. The number of hydrogen-bond donors (Lipinski definition) is 2. The van der Waals surface area contributed by atoms with Gasteiger partial charge in [-0.2, -0.15) is 0 Å². The summed E-state index contributed by atoms with van der Waals surface area (Å²) in [6, 6.07) is 10.6. The molecule has 158 valence electrons. The SMILES string of the molecule is CCOCCCNC(=NCc1nnc(C)n1C)NCC1(Sc2ccccc2)CC1. The van der Waals surface area contributed by atoms with Crippen LogP contribution < -0.4 is 10.6 Å². The summed E-state index contributed by atoms with van der Waals surface area (Å²) in [7, 11) is 1.97. The second-order valence-corrected chi connectivity index (χ2v) is 8.86. The van der Waals surface area contributed by atoms with Crippen LogP contribution in [0.25, 0.3) is 0 Å². The lowest BCUT2D eigenvalue weighted by atomic mass is 10.4. The zero-order valence-electron chi connectivity index (χ0n) is 17.6. The maximum absolute atomic E-state index is 5.43. The third-order valence-electron chi connectivity index (χ3n) is 4.99. The van der Waals surface area contributed by atoms with Crippen molar-refractivity contribution < 1.29 is 4.74 Å². The maximum Gasteiger partial charge on any atom is 0.191 e. The van der Waals surface area contributed by atoms with E-state index in [1.54, 1.807) is 0 Å². The average Bonchev–Trinajstić information content (AvgIpc) is 3.42. The van der Waals surface area contributed by atoms with Crippen molar-refractivity contribution in [1.82, 2.24) is 25.4 Å². The van der Waals surface area contributed by atoms with Crippen molar-refractivity contribution in [3.8, 4) is 0 Å². The number of aliphatic imine (C=N–C) groups is 1. The molecular formula is C21H32N6OS. The molecule has 0 saturated heterocycles. The van der Waals surface area contributed by atoms with E-state index in [-0.39, 0.29) is 4.75 Å². The van der Waals surface area contributed by atoms with Crippen LogP contribution in [0.3, 0.4) is 0 Å². The summed E-state index contributed by atoms with van der Waals surface area (Å²) in [4.78, 5) is 6.07. The normalized spacial score (nSPS) is 15.3. The van der Waals surface area contributed by atoms with Gasteiger partial charge in [-0.3, -0.25) is 0 Å². The van der Waals surface area contributed by atoms with Crippen LogP contribution in [0, 0.1) is 6.92 Å². The molecule has 0 radical (unpaired) electrons. The summed E-state index contributed by atoms with van der Waals surface area (Å²) in [6.45, 7) is 7.69. The number of nitrogens with one attached hydrogen (secondary N) is 2. The Hall–Kier alpha value is -2.06. The van der Waals surface area contributed by atoms with E-state index in [0.717, 1.165) is 50.3 Å². The Morgan fingerprint density at radius 1 is 1.24 bits per heavy atom. The summed E-state index contributed by atoms with van der Waals surface area (Å²) in [5.41, 5.74) is 0. The molecule has 0 atom stereocenters. The molecule has 0 aliphatic heterocycles. The molecule has 2 N–H and O–H groups in total. The van der Waals surface area contributed by atoms with Crippen molar-refractivity contribution in [3.63, 3.8) is 0 Å². The van der Waals surface area contributed by atoms with E-state index in [2.05, 4.69) is 51.2 Å². The minimum absolute atomic E-state index is 0.260. The Bertz CT molecular complexity index is 788. The number of hydrogen-bond acceptors (Lipinski definition) is 5. The molecule has 0 spiro atoms. The summed E-state index contributed by atoms with van der Waals surface area (Å²) in [5.74, 6) is 2.57. The number of ether oxygens (including phenoxy) is 1. The number of aryl methyl sites for hydroxylation is 1. The van der Waals surface area contributed by atoms with Gasteiger partial charge in [0.15, 0.2) is 11.8 Å². The van der Waals surface area contributed by atoms with Gasteiger partial charge in [0, 0.05) is 43.0 Å². The van der Waals surface area contributed by atoms with Gasteiger partial charge in [-0.25, -0.2) is 4.99 Å². The van der Waals surface area contributed by atoms with Crippen molar-refractivity contribution in [2.45, 2.75) is 49.3 Å². The maximum atomic E-state index is 5.43. The molecule has 1 aliphatic carbocycles. The fourth-order valence-electron chi connectivity index (χ4n) is 2.88. The van der Waals surface area contributed by atoms with E-state index in [1.807, 2.05) is 37.2 Å². The molecule has 1 heterocycles. The second kappa shape index (κ2) is 10.6. The van der Waals surface area contributed by atoms with Gasteiger partial charge in [-0.05, 0) is 45.2 Å². The van der Waals surface area contributed by atoms with Crippen LogP contribution in [0.2, 0.25) is 0 Å². The fraction of sp³-hybridized carbons (Fsp3) is 0.571. The van der Waals surface area contributed by atoms with Gasteiger partial charge in [0.1, 0.15) is 12.4 Å². The van der Waals surface area contributed by atoms with Gasteiger partial charge >= 0.3 is 0 Å². The van der Waals surface area contributed by atoms with Crippen molar-refractivity contribution in [1.29, 1.82) is 0 Å². The smallest absolute Gasteiger partial charge is 0.191 e. The first-order valence-corrected chi connectivity index (χ1v) is 11.1. The molecule has 8 heteroatoms. The molecule has 7 nitrogen and oxygen atoms in total. The topological polar surface area (TPSA) is 76.4 Å². The van der Waals surface area contributed by atoms with Gasteiger partial charge in [0.05, 0.1) is 0 Å². The molecule has 1 aromatic carbocycles. The van der Waals surface area contributed by atoms with Gasteiger partial charge in [-0.15, -0.1) is 22.0 Å². The van der Waals surface area contributed by atoms with E-state index < -0.39 is 0 Å². The Morgan fingerprint density at radius 2 is 2.03 bits per heavy atom. The molecule has 0 amide bonds. The van der Waals surface area contributed by atoms with E-state index in [0.29, 0.717) is 6.54 Å². The quantitative estimate of drug-likeness (QED) is 0.333. The van der Waals surface area contributed by atoms with Crippen LogP contribution in [0.5, 0.6) is 0 Å². The highest BCUT2D eigenvalue weighted by molar-refractivity contribution is 8.01. The predicted molar refractivity (Wildman–Crippen MR) is 118 cm³/mol. The molecule has 0 unspecified atom stereocenters. The molecule has 0 bridgehead atoms. The van der Waals surface area contributed by atoms with E-state index in [9.17, 15) is 0 Å². The standard InChI is InChI=1S/C21H32N6OS/c1-4-28-14-8-13-22-20(23-15-19-26-25-17(2)27(19)3)24-16-21(11-12-21)29-18-9-6-5-7-10-18/h5-7,9-10H,4,8,11-16H2,1-3H3,(H2,22,23,24). The first-order chi connectivity index (χ1) is 14.1. The van der Waals surface area contributed by atoms with Gasteiger partial charge < -0.3 is 19.9 Å². The molecule has 1 aliphatic rings. The third-order valence-corrected chi connectivity index (χ3v) is 6.48. The average molecular weight is 417 g/mol. The monoisotopic (exact) mass is 416 g/mol. The second-order valence-electron chi connectivity index (χ2n) is 7.32. The summed E-state index contributed by atoms with van der Waals surface area (Å²) in [6.07, 6.45) is 3.39. The van der Waals surface area contributed by atoms with E-state index >= 15 is 0 Å². The highest BCUT2D eigenvalue weighted by atomic mass is 32.2. The Kier molecular flexibility index (Phi) is 7.94. The Morgan fingerprint density at radius 3 is 2.69 bits per heavy atom. The molecule has 29 heavy (non-hydrogen) atoms. The molecular weight excluding hydrogens is 384 g/mol. The van der Waals surface area contributed by atoms with Crippen LogP contribution in [-0.4, -0.2) is 51.8 Å². The number of nitrogens with zero attached hydrogens (tertiary/aromatic N) is 4. The summed E-state index contributed by atoms with van der Waals surface area (Å²) in [5, 5.41) is 15.3. The predicted octanol–water partition coefficient (Wildman–Crippen LogP) is 2.91. The zero-order chi connectivity index (χ0) is 20.5. The minimum atomic E-state index is 0.260. The van der Waals surface area contributed by atoms with Crippen molar-refractivity contribution in [3.05, 3.63) is 42.0 Å². The summed E-state index contributed by atoms with van der Waals surface area (Å²) < 4.78 is 7.66. The fourth-order valence-corrected chi connectivity index (χ4v) is 4.12. The molecule has 2 aromatic rings. The largest absolute Gasteiger partial charge is 0.382 e. The lowest BCUT2D eigenvalue weighted by molar-refractivity contribution is 0.145. The van der Waals surface area contributed by atoms with Crippen LogP contribution in [0.1, 0.15) is 37.8 Å². The van der Waals surface area contributed by atoms with Crippen LogP contribution in [0.15, 0.2) is 40.2 Å². The first kappa shape index (κ1) is 21.6. The highest BCUT2D eigenvalue weighted by Crippen LogP contribution is 2.51. The van der Waals surface area contributed by atoms with E-state index in [4.69, 9.17) is 9.73 Å². The molecule has 3 rings (SSSR count). The van der Waals surface area contributed by atoms with Gasteiger partial charge in [0.2, 0.25) is 0 Å². The Labute approximate surface area is 177 Å². The molecule has 1 aromatic heterocycles. The highest BCUT2D eigenvalue weighted by Gasteiger charge is 2.43. The number of rotatable bonds is 11. The number of benzene rings is 1. The van der Waals surface area contributed by atoms with Crippen LogP contribution in [-0.2, 0) is 18.3 Å². The molecule has 1 saturated carbocycles. The number of aromatic nitrogens is 3. The van der Waals surface area contributed by atoms with Crippen molar-refractivity contribution in [2.75, 3.05) is 26.3 Å². The zero-order valence-corrected chi connectivity index (χ0v) is 18.5. The number of guanidine groups is 1. The van der Waals surface area contributed by atoms with Gasteiger partial charge in [0.25, 0.3) is 0 Å². The third kappa shape index (κ3) is 6.75. The minimum Gasteiger partial charge on any atom is -0.382 e. The Balaban J connectivity index is 1.56.